The third-order valence-electron chi connectivity index (χ3n) is 5.08. The van der Waals surface area contributed by atoms with Crippen molar-refractivity contribution in [3.63, 3.8) is 0 Å². The van der Waals surface area contributed by atoms with E-state index in [1.54, 1.807) is 30.3 Å². The lowest BCUT2D eigenvalue weighted by Gasteiger charge is -2.19. The zero-order valence-electron chi connectivity index (χ0n) is 18.8. The topological polar surface area (TPSA) is 111 Å². The molecule has 0 bridgehead atoms. The molecule has 1 atom stereocenters. The number of nitrogens with zero attached hydrogens (tertiary/aromatic N) is 1. The van der Waals surface area contributed by atoms with Crippen molar-refractivity contribution in [1.29, 1.82) is 0 Å². The zero-order valence-corrected chi connectivity index (χ0v) is 19.6. The lowest BCUT2D eigenvalue weighted by molar-refractivity contribution is -0.151. The number of amides is 2. The third kappa shape index (κ3) is 6.26. The minimum Gasteiger partial charge on any atom is -0.495 e. The summed E-state index contributed by atoms with van der Waals surface area (Å²) in [5.74, 6) is -2.18. The van der Waals surface area contributed by atoms with E-state index in [2.05, 4.69) is 5.32 Å². The molecule has 2 amide bonds. The van der Waals surface area contributed by atoms with Gasteiger partial charge in [-0.3, -0.25) is 14.4 Å². The van der Waals surface area contributed by atoms with Crippen molar-refractivity contribution < 1.29 is 33.4 Å². The first-order valence-corrected chi connectivity index (χ1v) is 11.1. The maximum atomic E-state index is 12.5. The van der Waals surface area contributed by atoms with E-state index in [9.17, 15) is 19.2 Å². The molecular weight excluding hydrogens is 464 g/mol. The van der Waals surface area contributed by atoms with Crippen LogP contribution in [0.4, 0.5) is 11.4 Å². The first kappa shape index (κ1) is 25.0. The van der Waals surface area contributed by atoms with Crippen LogP contribution in [0.3, 0.4) is 0 Å². The Morgan fingerprint density at radius 3 is 2.53 bits per heavy atom. The molecule has 180 valence electrons. The van der Waals surface area contributed by atoms with Crippen LogP contribution in [0.2, 0.25) is 5.02 Å². The van der Waals surface area contributed by atoms with Crippen LogP contribution < -0.4 is 15.0 Å². The molecule has 1 heterocycles. The van der Waals surface area contributed by atoms with Crippen molar-refractivity contribution in [1.82, 2.24) is 0 Å². The molecule has 9 nitrogen and oxygen atoms in total. The second-order valence-corrected chi connectivity index (χ2v) is 8.03. The number of benzene rings is 2. The third-order valence-corrected chi connectivity index (χ3v) is 5.31. The Balaban J connectivity index is 1.51. The summed E-state index contributed by atoms with van der Waals surface area (Å²) < 4.78 is 15.4. The highest BCUT2D eigenvalue weighted by molar-refractivity contribution is 6.31. The van der Waals surface area contributed by atoms with Crippen molar-refractivity contribution in [3.05, 3.63) is 53.1 Å². The Labute approximate surface area is 201 Å². The molecule has 2 aromatic rings. The molecule has 0 saturated carbocycles. The number of halogens is 1. The van der Waals surface area contributed by atoms with Gasteiger partial charge >= 0.3 is 11.9 Å². The Kier molecular flexibility index (Phi) is 8.48. The van der Waals surface area contributed by atoms with Gasteiger partial charge in [-0.25, -0.2) is 4.79 Å². The largest absolute Gasteiger partial charge is 0.495 e. The molecule has 1 aliphatic rings. The van der Waals surface area contributed by atoms with Gasteiger partial charge in [0.15, 0.2) is 6.61 Å². The van der Waals surface area contributed by atoms with Crippen LogP contribution in [0.1, 0.15) is 30.1 Å². The van der Waals surface area contributed by atoms with Crippen LogP contribution in [0, 0.1) is 5.92 Å². The van der Waals surface area contributed by atoms with Gasteiger partial charge in [-0.15, -0.1) is 0 Å². The van der Waals surface area contributed by atoms with Crippen molar-refractivity contribution in [2.24, 2.45) is 5.92 Å². The van der Waals surface area contributed by atoms with E-state index in [0.717, 1.165) is 6.42 Å². The van der Waals surface area contributed by atoms with E-state index in [4.69, 9.17) is 25.8 Å². The van der Waals surface area contributed by atoms with Crippen LogP contribution in [-0.2, 0) is 23.9 Å². The number of hydrogen-bond donors (Lipinski definition) is 1. The van der Waals surface area contributed by atoms with E-state index in [0.29, 0.717) is 34.3 Å². The monoisotopic (exact) mass is 488 g/mol. The first-order valence-electron chi connectivity index (χ1n) is 10.7. The summed E-state index contributed by atoms with van der Waals surface area (Å²) in [5, 5.41) is 3.01. The fourth-order valence-corrected chi connectivity index (χ4v) is 3.56. The molecule has 0 aliphatic carbocycles. The molecule has 0 spiro atoms. The number of nitrogens with one attached hydrogen (secondary N) is 1. The predicted molar refractivity (Wildman–Crippen MR) is 125 cm³/mol. The quantitative estimate of drug-likeness (QED) is 0.538. The molecule has 0 radical (unpaired) electrons. The van der Waals surface area contributed by atoms with Crippen molar-refractivity contribution >= 4 is 46.7 Å². The number of anilines is 2. The van der Waals surface area contributed by atoms with Gasteiger partial charge in [0, 0.05) is 23.7 Å². The Morgan fingerprint density at radius 2 is 1.85 bits per heavy atom. The van der Waals surface area contributed by atoms with E-state index in [1.807, 2.05) is 6.92 Å². The maximum absolute atomic E-state index is 12.5. The predicted octanol–water partition coefficient (Wildman–Crippen LogP) is 3.45. The SMILES string of the molecule is CCCOC(=O)c1ccc(NC(=O)COC(=O)[C@H]2CC(=O)N(c3cc(Cl)ccc3OC)C2)cc1. The first-order chi connectivity index (χ1) is 16.3. The number of methoxy groups -OCH3 is 1. The highest BCUT2D eigenvalue weighted by Gasteiger charge is 2.37. The van der Waals surface area contributed by atoms with Gasteiger partial charge in [0.2, 0.25) is 5.91 Å². The van der Waals surface area contributed by atoms with Gasteiger partial charge in [-0.1, -0.05) is 18.5 Å². The second-order valence-electron chi connectivity index (χ2n) is 7.59. The lowest BCUT2D eigenvalue weighted by Crippen LogP contribution is -2.28. The smallest absolute Gasteiger partial charge is 0.338 e. The summed E-state index contributed by atoms with van der Waals surface area (Å²) in [6.07, 6.45) is 0.673. The van der Waals surface area contributed by atoms with Crippen LogP contribution in [0.5, 0.6) is 5.75 Å². The van der Waals surface area contributed by atoms with Gasteiger partial charge in [0.25, 0.3) is 5.91 Å². The van der Waals surface area contributed by atoms with Crippen LogP contribution in [0.25, 0.3) is 0 Å². The fraction of sp³-hybridized carbons (Fsp3) is 0.333. The molecule has 1 aliphatic heterocycles. The number of ether oxygens (including phenoxy) is 3. The summed E-state index contributed by atoms with van der Waals surface area (Å²) in [7, 11) is 1.48. The van der Waals surface area contributed by atoms with E-state index in [1.165, 1.54) is 24.1 Å². The molecule has 2 aromatic carbocycles. The summed E-state index contributed by atoms with van der Waals surface area (Å²) in [4.78, 5) is 50.4. The summed E-state index contributed by atoms with van der Waals surface area (Å²) in [6.45, 7) is 1.81. The highest BCUT2D eigenvalue weighted by atomic mass is 35.5. The van der Waals surface area contributed by atoms with Gasteiger partial charge in [0.05, 0.1) is 30.9 Å². The number of rotatable bonds is 9. The number of carbonyl (C=O) groups excluding carboxylic acids is 4. The van der Waals surface area contributed by atoms with Gasteiger partial charge in [-0.05, 0) is 48.9 Å². The van der Waals surface area contributed by atoms with E-state index in [-0.39, 0.29) is 18.9 Å². The van der Waals surface area contributed by atoms with Crippen molar-refractivity contribution in [2.45, 2.75) is 19.8 Å². The van der Waals surface area contributed by atoms with Crippen LogP contribution in [0.15, 0.2) is 42.5 Å². The standard InChI is InChI=1S/C24H25ClN2O7/c1-3-10-33-23(30)15-4-7-18(8-5-15)26-21(28)14-34-24(31)16-11-22(29)27(13-16)19-12-17(25)6-9-20(19)32-2/h4-9,12,16H,3,10-11,13-14H2,1-2H3,(H,26,28)/t16-/m0/s1. The van der Waals surface area contributed by atoms with Crippen molar-refractivity contribution in [3.8, 4) is 5.75 Å². The molecule has 34 heavy (non-hydrogen) atoms. The molecular formula is C24H25ClN2O7. The summed E-state index contributed by atoms with van der Waals surface area (Å²) >= 11 is 6.04. The van der Waals surface area contributed by atoms with Crippen LogP contribution >= 0.6 is 11.6 Å². The Hall–Kier alpha value is -3.59. The molecule has 0 aromatic heterocycles. The fourth-order valence-electron chi connectivity index (χ4n) is 3.39. The van der Waals surface area contributed by atoms with Crippen molar-refractivity contribution in [2.75, 3.05) is 37.1 Å². The highest BCUT2D eigenvalue weighted by Crippen LogP contribution is 2.35. The molecule has 1 fully saturated rings. The van der Waals surface area contributed by atoms with Crippen LogP contribution in [-0.4, -0.2) is 50.6 Å². The number of carbonyl (C=O) groups is 4. The molecule has 1 saturated heterocycles. The van der Waals surface area contributed by atoms with E-state index < -0.39 is 30.4 Å². The average molecular weight is 489 g/mol. The number of hydrogen-bond acceptors (Lipinski definition) is 7. The molecule has 1 N–H and O–H groups in total. The van der Waals surface area contributed by atoms with Gasteiger partial charge in [-0.2, -0.15) is 0 Å². The second kappa shape index (κ2) is 11.5. The summed E-state index contributed by atoms with van der Waals surface area (Å²) in [6, 6.07) is 11.0. The van der Waals surface area contributed by atoms with E-state index >= 15 is 0 Å². The minimum atomic E-state index is -0.725. The molecule has 10 heteroatoms. The Morgan fingerprint density at radius 1 is 1.12 bits per heavy atom. The maximum Gasteiger partial charge on any atom is 0.338 e. The molecule has 0 unspecified atom stereocenters. The van der Waals surface area contributed by atoms with Gasteiger partial charge in [0.1, 0.15) is 5.75 Å². The lowest BCUT2D eigenvalue weighted by atomic mass is 10.1. The number of esters is 2. The zero-order chi connectivity index (χ0) is 24.7. The Bertz CT molecular complexity index is 1070. The minimum absolute atomic E-state index is 0.0499. The summed E-state index contributed by atoms with van der Waals surface area (Å²) in [5.41, 5.74) is 1.27. The normalized spacial score (nSPS) is 15.1. The molecule has 3 rings (SSSR count). The van der Waals surface area contributed by atoms with Gasteiger partial charge < -0.3 is 24.4 Å². The average Bonchev–Trinajstić information content (AvgIpc) is 3.22.